The summed E-state index contributed by atoms with van der Waals surface area (Å²) in [6.45, 7) is 0.267. The Labute approximate surface area is 143 Å². The summed E-state index contributed by atoms with van der Waals surface area (Å²) >= 11 is 5.92. The number of ether oxygens (including phenoxy) is 1. The smallest absolute Gasteiger partial charge is 0.292 e. The molecule has 0 radical (unpaired) electrons. The van der Waals surface area contributed by atoms with E-state index in [1.165, 1.54) is 6.20 Å². The van der Waals surface area contributed by atoms with Gasteiger partial charge in [-0.1, -0.05) is 29.8 Å². The number of methoxy groups -OCH3 is 1. The average molecular weight is 343 g/mol. The number of fused-ring (bicyclic) bond motifs is 1. The summed E-state index contributed by atoms with van der Waals surface area (Å²) in [6, 6.07) is 12.4. The maximum atomic E-state index is 12.3. The molecule has 24 heavy (non-hydrogen) atoms. The maximum Gasteiger partial charge on any atom is 0.292 e. The number of hydrogen-bond donors (Lipinski definition) is 2. The van der Waals surface area contributed by atoms with Gasteiger partial charge in [0.1, 0.15) is 5.75 Å². The predicted octanol–water partition coefficient (Wildman–Crippen LogP) is 3.33. The molecule has 6 heteroatoms. The van der Waals surface area contributed by atoms with Crippen LogP contribution in [0.2, 0.25) is 5.02 Å². The van der Waals surface area contributed by atoms with Gasteiger partial charge in [0.15, 0.2) is 0 Å². The summed E-state index contributed by atoms with van der Waals surface area (Å²) in [5.74, 6) is -0.502. The number of aromatic nitrogens is 1. The molecule has 0 fully saturated rings. The van der Waals surface area contributed by atoms with Crippen molar-refractivity contribution in [3.8, 4) is 5.75 Å². The third-order valence-corrected chi connectivity index (χ3v) is 3.94. The molecule has 0 unspecified atom stereocenters. The minimum Gasteiger partial charge on any atom is -0.497 e. The van der Waals surface area contributed by atoms with Crippen LogP contribution in [0.1, 0.15) is 15.9 Å². The molecule has 0 saturated heterocycles. The zero-order valence-electron chi connectivity index (χ0n) is 12.9. The number of rotatable bonds is 5. The Morgan fingerprint density at radius 3 is 2.62 bits per heavy atom. The Hall–Kier alpha value is -2.79. The van der Waals surface area contributed by atoms with Gasteiger partial charge in [-0.05, 0) is 29.8 Å². The second-order valence-electron chi connectivity index (χ2n) is 5.25. The van der Waals surface area contributed by atoms with Crippen molar-refractivity contribution in [3.05, 3.63) is 64.8 Å². The standard InChI is InChI=1S/C18H15ClN2O3/c1-24-13-5-2-11(3-6-13)9-21-18(23)17(22)15-10-20-16-8-12(19)4-7-14(15)16/h2-8,10,20H,9H2,1H3,(H,21,23). The van der Waals surface area contributed by atoms with Gasteiger partial charge in [0.2, 0.25) is 0 Å². The van der Waals surface area contributed by atoms with E-state index in [9.17, 15) is 9.59 Å². The van der Waals surface area contributed by atoms with E-state index in [1.54, 1.807) is 37.4 Å². The van der Waals surface area contributed by atoms with Crippen LogP contribution in [0.25, 0.3) is 10.9 Å². The normalized spacial score (nSPS) is 10.6. The number of halogens is 1. The van der Waals surface area contributed by atoms with Crippen molar-refractivity contribution in [1.82, 2.24) is 10.3 Å². The summed E-state index contributed by atoms with van der Waals surface area (Å²) in [6.07, 6.45) is 1.52. The number of ketones is 1. The molecule has 2 aromatic carbocycles. The number of benzene rings is 2. The summed E-state index contributed by atoms with van der Waals surface area (Å²) in [4.78, 5) is 27.4. The third-order valence-electron chi connectivity index (χ3n) is 3.71. The van der Waals surface area contributed by atoms with E-state index in [0.717, 1.165) is 11.3 Å². The number of Topliss-reactive ketones (excluding diaryl/α,β-unsaturated/α-hetero) is 1. The SMILES string of the molecule is COc1ccc(CNC(=O)C(=O)c2c[nH]c3cc(Cl)ccc23)cc1. The monoisotopic (exact) mass is 342 g/mol. The van der Waals surface area contributed by atoms with Crippen LogP contribution in [0.4, 0.5) is 0 Å². The highest BCUT2D eigenvalue weighted by Crippen LogP contribution is 2.22. The maximum absolute atomic E-state index is 12.3. The van der Waals surface area contributed by atoms with Gasteiger partial charge >= 0.3 is 0 Å². The summed E-state index contributed by atoms with van der Waals surface area (Å²) in [5.41, 5.74) is 1.92. The van der Waals surface area contributed by atoms with Gasteiger partial charge in [-0.25, -0.2) is 0 Å². The number of nitrogens with one attached hydrogen (secondary N) is 2. The van der Waals surface area contributed by atoms with Crippen molar-refractivity contribution in [1.29, 1.82) is 0 Å². The second-order valence-corrected chi connectivity index (χ2v) is 5.69. The van der Waals surface area contributed by atoms with Crippen LogP contribution in [0.15, 0.2) is 48.7 Å². The van der Waals surface area contributed by atoms with Crippen LogP contribution in [0.5, 0.6) is 5.75 Å². The predicted molar refractivity (Wildman–Crippen MR) is 92.5 cm³/mol. The fraction of sp³-hybridized carbons (Fsp3) is 0.111. The Morgan fingerprint density at radius 1 is 1.17 bits per heavy atom. The second kappa shape index (κ2) is 6.76. The molecule has 0 bridgehead atoms. The number of amides is 1. The number of carbonyl (C=O) groups excluding carboxylic acids is 2. The van der Waals surface area contributed by atoms with Gasteiger partial charge in [0.05, 0.1) is 12.7 Å². The molecule has 122 valence electrons. The molecule has 1 heterocycles. The summed E-state index contributed by atoms with van der Waals surface area (Å²) in [5, 5.41) is 3.86. The molecule has 3 rings (SSSR count). The molecular formula is C18H15ClN2O3. The lowest BCUT2D eigenvalue weighted by molar-refractivity contribution is -0.117. The lowest BCUT2D eigenvalue weighted by Crippen LogP contribution is -2.30. The first-order valence-corrected chi connectivity index (χ1v) is 7.68. The van der Waals surface area contributed by atoms with E-state index in [4.69, 9.17) is 16.3 Å². The zero-order chi connectivity index (χ0) is 17.1. The average Bonchev–Trinajstić information content (AvgIpc) is 3.02. The van der Waals surface area contributed by atoms with Crippen molar-refractivity contribution in [2.75, 3.05) is 7.11 Å². The van der Waals surface area contributed by atoms with Crippen LogP contribution in [0, 0.1) is 0 Å². The van der Waals surface area contributed by atoms with Gasteiger partial charge in [-0.15, -0.1) is 0 Å². The van der Waals surface area contributed by atoms with Crippen molar-refractivity contribution in [3.63, 3.8) is 0 Å². The number of H-pyrrole nitrogens is 1. The molecule has 0 aliphatic heterocycles. The first-order valence-electron chi connectivity index (χ1n) is 7.30. The Bertz CT molecular complexity index is 900. The fourth-order valence-corrected chi connectivity index (χ4v) is 2.59. The van der Waals surface area contributed by atoms with Gasteiger partial charge in [0.25, 0.3) is 11.7 Å². The van der Waals surface area contributed by atoms with E-state index in [1.807, 2.05) is 12.1 Å². The highest BCUT2D eigenvalue weighted by Gasteiger charge is 2.19. The minimum atomic E-state index is -0.651. The Morgan fingerprint density at radius 2 is 1.92 bits per heavy atom. The molecule has 0 aliphatic carbocycles. The number of aromatic amines is 1. The first kappa shape index (κ1) is 16.1. The molecule has 0 saturated carbocycles. The highest BCUT2D eigenvalue weighted by atomic mass is 35.5. The van der Waals surface area contributed by atoms with E-state index in [-0.39, 0.29) is 6.54 Å². The van der Waals surface area contributed by atoms with Crippen molar-refractivity contribution in [2.45, 2.75) is 6.54 Å². The quantitative estimate of drug-likeness (QED) is 0.552. The summed E-state index contributed by atoms with van der Waals surface area (Å²) in [7, 11) is 1.59. The van der Waals surface area contributed by atoms with Gasteiger partial charge < -0.3 is 15.0 Å². The van der Waals surface area contributed by atoms with E-state index < -0.39 is 11.7 Å². The Balaban J connectivity index is 1.70. The number of carbonyl (C=O) groups is 2. The zero-order valence-corrected chi connectivity index (χ0v) is 13.7. The number of hydrogen-bond acceptors (Lipinski definition) is 3. The fourth-order valence-electron chi connectivity index (χ4n) is 2.41. The molecule has 1 amide bonds. The molecule has 0 aliphatic rings. The topological polar surface area (TPSA) is 71.2 Å². The molecule has 0 atom stereocenters. The lowest BCUT2D eigenvalue weighted by atomic mass is 10.1. The molecular weight excluding hydrogens is 328 g/mol. The molecule has 3 aromatic rings. The Kier molecular flexibility index (Phi) is 4.53. The van der Waals surface area contributed by atoms with Crippen molar-refractivity contribution in [2.24, 2.45) is 0 Å². The molecule has 5 nitrogen and oxygen atoms in total. The van der Waals surface area contributed by atoms with Crippen LogP contribution in [-0.2, 0) is 11.3 Å². The van der Waals surface area contributed by atoms with Crippen LogP contribution in [-0.4, -0.2) is 23.8 Å². The molecule has 1 aromatic heterocycles. The van der Waals surface area contributed by atoms with E-state index in [0.29, 0.717) is 21.5 Å². The van der Waals surface area contributed by atoms with Crippen molar-refractivity contribution >= 4 is 34.2 Å². The molecule has 0 spiro atoms. The van der Waals surface area contributed by atoms with Crippen LogP contribution in [0.3, 0.4) is 0 Å². The largest absolute Gasteiger partial charge is 0.497 e. The van der Waals surface area contributed by atoms with Gasteiger partial charge in [-0.3, -0.25) is 9.59 Å². The van der Waals surface area contributed by atoms with E-state index >= 15 is 0 Å². The summed E-state index contributed by atoms with van der Waals surface area (Å²) < 4.78 is 5.08. The van der Waals surface area contributed by atoms with Gasteiger partial charge in [-0.2, -0.15) is 0 Å². The minimum absolute atomic E-state index is 0.267. The van der Waals surface area contributed by atoms with E-state index in [2.05, 4.69) is 10.3 Å². The van der Waals surface area contributed by atoms with Crippen molar-refractivity contribution < 1.29 is 14.3 Å². The molecule has 2 N–H and O–H groups in total. The van der Waals surface area contributed by atoms with Crippen LogP contribution < -0.4 is 10.1 Å². The van der Waals surface area contributed by atoms with Gasteiger partial charge in [0, 0.05) is 28.7 Å². The highest BCUT2D eigenvalue weighted by molar-refractivity contribution is 6.45. The first-order chi connectivity index (χ1) is 11.6. The lowest BCUT2D eigenvalue weighted by Gasteiger charge is -2.05. The third kappa shape index (κ3) is 3.26. The van der Waals surface area contributed by atoms with Crippen LogP contribution >= 0.6 is 11.6 Å².